The molecule has 214 valence electrons. The minimum atomic E-state index is -0.446. The minimum Gasteiger partial charge on any atom is -0.366 e. The van der Waals surface area contributed by atoms with Gasteiger partial charge >= 0.3 is 22.4 Å². The van der Waals surface area contributed by atoms with Gasteiger partial charge in [0.05, 0.1) is 0 Å². The van der Waals surface area contributed by atoms with Gasteiger partial charge in [0, 0.05) is 0 Å². The van der Waals surface area contributed by atoms with Crippen LogP contribution in [0.5, 0.6) is 0 Å². The van der Waals surface area contributed by atoms with Gasteiger partial charge in [-0.25, -0.2) is 0 Å². The molecule has 0 N–H and O–H groups in total. The maximum atomic E-state index is 6.69. The normalized spacial score (nSPS) is 8.86. The zero-order chi connectivity index (χ0) is 30.4. The summed E-state index contributed by atoms with van der Waals surface area (Å²) in [6, 6.07) is 60.4. The van der Waals surface area contributed by atoms with Crippen LogP contribution in [0.4, 0.5) is 0 Å². The Morgan fingerprint density at radius 2 is 0.477 bits per heavy atom. The van der Waals surface area contributed by atoms with Crippen LogP contribution in [0.15, 0.2) is 182 Å². The van der Waals surface area contributed by atoms with Gasteiger partial charge in [0.1, 0.15) is 0 Å². The zero-order valence-corrected chi connectivity index (χ0v) is 27.1. The summed E-state index contributed by atoms with van der Waals surface area (Å²) < 4.78 is 0. The van der Waals surface area contributed by atoms with Crippen LogP contribution in [-0.2, 0) is 22.4 Å². The standard InChI is InChI=1S/C18H15P.3C8H5.Au/c1-4-10-16(11-5-1)19(17-12-6-2-7-13-17)18-14-8-3-9-15-18;3*1-2-8-6-4-3-5-7-8;/h1-15H;3*3-7H;/q;3*-1;+3. The summed E-state index contributed by atoms with van der Waals surface area (Å²) in [6.45, 7) is 0. The summed E-state index contributed by atoms with van der Waals surface area (Å²) in [7, 11) is -0.446. The molecule has 0 radical (unpaired) electrons. The van der Waals surface area contributed by atoms with Crippen molar-refractivity contribution in [1.29, 1.82) is 0 Å². The van der Waals surface area contributed by atoms with Crippen molar-refractivity contribution in [3.05, 3.63) is 218 Å². The molecule has 0 fully saturated rings. The third-order valence-electron chi connectivity index (χ3n) is 5.80. The maximum absolute atomic E-state index is 6.69. The largest absolute Gasteiger partial charge is 3.00 e. The van der Waals surface area contributed by atoms with Crippen molar-refractivity contribution >= 4 is 23.8 Å². The van der Waals surface area contributed by atoms with E-state index in [9.17, 15) is 0 Å². The van der Waals surface area contributed by atoms with Crippen molar-refractivity contribution in [3.8, 4) is 17.8 Å². The molecule has 0 saturated heterocycles. The molecule has 0 heterocycles. The molecule has 6 aromatic rings. The topological polar surface area (TPSA) is 0 Å². The fraction of sp³-hybridized carbons (Fsp3) is 0. The summed E-state index contributed by atoms with van der Waals surface area (Å²) in [5.41, 5.74) is 2.48. The monoisotopic (exact) mass is 762 g/mol. The molecule has 0 bridgehead atoms. The first kappa shape index (κ1) is 35.4. The van der Waals surface area contributed by atoms with Gasteiger partial charge in [-0.1, -0.05) is 146 Å². The van der Waals surface area contributed by atoms with Crippen molar-refractivity contribution in [2.75, 3.05) is 0 Å². The molecule has 6 rings (SSSR count). The van der Waals surface area contributed by atoms with Crippen LogP contribution in [0.1, 0.15) is 16.7 Å². The van der Waals surface area contributed by atoms with Crippen LogP contribution in [0.2, 0.25) is 0 Å². The van der Waals surface area contributed by atoms with Gasteiger partial charge in [-0.15, -0.1) is 53.1 Å². The zero-order valence-electron chi connectivity index (χ0n) is 24.1. The number of hydrogen-bond acceptors (Lipinski definition) is 0. The molecular formula is C42H30AuP. The molecule has 44 heavy (non-hydrogen) atoms. The minimum absolute atomic E-state index is 0. The fourth-order valence-electron chi connectivity index (χ4n) is 3.74. The molecule has 0 unspecified atom stereocenters. The molecule has 0 aromatic heterocycles. The van der Waals surface area contributed by atoms with Gasteiger partial charge in [0.2, 0.25) is 0 Å². The second kappa shape index (κ2) is 21.8. The van der Waals surface area contributed by atoms with E-state index in [1.54, 1.807) is 0 Å². The predicted molar refractivity (Wildman–Crippen MR) is 183 cm³/mol. The molecule has 0 aliphatic heterocycles. The quantitative estimate of drug-likeness (QED) is 0.0737. The van der Waals surface area contributed by atoms with Crippen LogP contribution in [0.25, 0.3) is 0 Å². The summed E-state index contributed by atoms with van der Waals surface area (Å²) in [5.74, 6) is 6.83. The Bertz CT molecular complexity index is 1490. The van der Waals surface area contributed by atoms with E-state index in [1.165, 1.54) is 15.9 Å². The van der Waals surface area contributed by atoms with E-state index in [-0.39, 0.29) is 22.4 Å². The molecular weight excluding hydrogens is 732 g/mol. The van der Waals surface area contributed by atoms with Crippen LogP contribution in [0.3, 0.4) is 0 Å². The van der Waals surface area contributed by atoms with Crippen molar-refractivity contribution in [2.45, 2.75) is 0 Å². The van der Waals surface area contributed by atoms with Gasteiger partial charge in [-0.3, -0.25) is 17.8 Å². The fourth-order valence-corrected chi connectivity index (χ4v) is 6.05. The van der Waals surface area contributed by atoms with Gasteiger partial charge in [0.15, 0.2) is 0 Å². The number of benzene rings is 6. The SMILES string of the molecule is [Au+3].[C-]#Cc1ccccc1.[C-]#Cc1ccccc1.[C-]#Cc1ccccc1.c1ccc(P(c2ccccc2)c2ccccc2)cc1. The Balaban J connectivity index is 0.000000226. The molecule has 0 saturated carbocycles. The third kappa shape index (κ3) is 13.0. The van der Waals surface area contributed by atoms with E-state index in [1.807, 2.05) is 91.0 Å². The molecule has 0 aliphatic carbocycles. The summed E-state index contributed by atoms with van der Waals surface area (Å²) in [4.78, 5) is 0. The molecule has 0 aliphatic rings. The van der Waals surface area contributed by atoms with Crippen LogP contribution < -0.4 is 15.9 Å². The van der Waals surface area contributed by atoms with E-state index in [2.05, 4.69) is 109 Å². The van der Waals surface area contributed by atoms with Crippen molar-refractivity contribution in [1.82, 2.24) is 0 Å². The average Bonchev–Trinajstić information content (AvgIpc) is 3.12. The van der Waals surface area contributed by atoms with Gasteiger partial charge in [-0.2, -0.15) is 0 Å². The van der Waals surface area contributed by atoms with E-state index in [4.69, 9.17) is 19.3 Å². The third-order valence-corrected chi connectivity index (χ3v) is 8.24. The Hall–Kier alpha value is -4.83. The first-order valence-corrected chi connectivity index (χ1v) is 15.0. The predicted octanol–water partition coefficient (Wildman–Crippen LogP) is 8.32. The Labute approximate surface area is 280 Å². The average molecular weight is 763 g/mol. The molecule has 2 heteroatoms. The van der Waals surface area contributed by atoms with Crippen molar-refractivity contribution in [3.63, 3.8) is 0 Å². The molecule has 0 amide bonds. The van der Waals surface area contributed by atoms with E-state index in [0.29, 0.717) is 0 Å². The Morgan fingerprint density at radius 1 is 0.295 bits per heavy atom. The van der Waals surface area contributed by atoms with Crippen LogP contribution >= 0.6 is 7.92 Å². The first-order valence-electron chi connectivity index (χ1n) is 13.6. The number of hydrogen-bond donors (Lipinski definition) is 0. The van der Waals surface area contributed by atoms with E-state index >= 15 is 0 Å². The number of rotatable bonds is 3. The smallest absolute Gasteiger partial charge is 0.366 e. The second-order valence-electron chi connectivity index (χ2n) is 8.82. The van der Waals surface area contributed by atoms with Gasteiger partial charge in [-0.05, 0) is 23.8 Å². The molecule has 0 nitrogen and oxygen atoms in total. The van der Waals surface area contributed by atoms with Gasteiger partial charge in [0.25, 0.3) is 0 Å². The Kier molecular flexibility index (Phi) is 17.5. The summed E-state index contributed by atoms with van der Waals surface area (Å²) >= 11 is 0. The van der Waals surface area contributed by atoms with Gasteiger partial charge < -0.3 is 19.3 Å². The van der Waals surface area contributed by atoms with E-state index in [0.717, 1.165) is 16.7 Å². The molecule has 6 aromatic carbocycles. The van der Waals surface area contributed by atoms with Crippen molar-refractivity contribution in [2.24, 2.45) is 0 Å². The van der Waals surface area contributed by atoms with Crippen LogP contribution in [-0.4, -0.2) is 0 Å². The first-order chi connectivity index (χ1) is 21.2. The van der Waals surface area contributed by atoms with Crippen molar-refractivity contribution < 1.29 is 22.4 Å². The second-order valence-corrected chi connectivity index (χ2v) is 11.0. The maximum Gasteiger partial charge on any atom is 3.00 e. The molecule has 0 atom stereocenters. The summed E-state index contributed by atoms with van der Waals surface area (Å²) in [5, 5.41) is 4.19. The van der Waals surface area contributed by atoms with E-state index < -0.39 is 7.92 Å². The molecule has 0 spiro atoms. The Morgan fingerprint density at radius 3 is 0.636 bits per heavy atom. The van der Waals surface area contributed by atoms with Crippen LogP contribution in [0, 0.1) is 37.0 Å². The summed E-state index contributed by atoms with van der Waals surface area (Å²) in [6.07, 6.45) is 20.1.